The molecule has 0 spiro atoms. The van der Waals surface area contributed by atoms with E-state index >= 15 is 0 Å². The lowest BCUT2D eigenvalue weighted by Crippen LogP contribution is -2.32. The summed E-state index contributed by atoms with van der Waals surface area (Å²) in [6.07, 6.45) is 6.79. The van der Waals surface area contributed by atoms with Gasteiger partial charge in [-0.25, -0.2) is 4.39 Å². The molecule has 1 aromatic carbocycles. The van der Waals surface area contributed by atoms with Crippen molar-refractivity contribution in [1.82, 2.24) is 4.90 Å². The number of piperidine rings is 1. The van der Waals surface area contributed by atoms with Crippen LogP contribution in [0.3, 0.4) is 0 Å². The van der Waals surface area contributed by atoms with Crippen molar-refractivity contribution in [3.05, 3.63) is 72.7 Å². The molecule has 4 nitrogen and oxygen atoms in total. The summed E-state index contributed by atoms with van der Waals surface area (Å²) in [6.45, 7) is 17.8. The zero-order chi connectivity index (χ0) is 22.8. The lowest BCUT2D eigenvalue weighted by molar-refractivity contribution is 0.227. The summed E-state index contributed by atoms with van der Waals surface area (Å²) in [4.78, 5) is 2.31. The first kappa shape index (κ1) is 28.5. The first-order valence-corrected chi connectivity index (χ1v) is 9.72. The van der Waals surface area contributed by atoms with Crippen molar-refractivity contribution in [2.75, 3.05) is 20.1 Å². The van der Waals surface area contributed by atoms with Gasteiger partial charge >= 0.3 is 0 Å². The Morgan fingerprint density at radius 1 is 1.31 bits per heavy atom. The van der Waals surface area contributed by atoms with Crippen molar-refractivity contribution in [3.63, 3.8) is 0 Å². The largest absolute Gasteiger partial charge is 0.376 e. The van der Waals surface area contributed by atoms with Gasteiger partial charge in [-0.2, -0.15) is 5.26 Å². The maximum absolute atomic E-state index is 13.2. The molecule has 0 saturated carbocycles. The molecule has 0 aromatic heterocycles. The van der Waals surface area contributed by atoms with E-state index < -0.39 is 5.82 Å². The number of benzene rings is 1. The molecule has 0 unspecified atom stereocenters. The molecule has 1 saturated heterocycles. The molecule has 2 rings (SSSR count). The maximum Gasteiger partial charge on any atom is 0.140 e. The van der Waals surface area contributed by atoms with Crippen LogP contribution in [0.15, 0.2) is 55.8 Å². The first-order chi connectivity index (χ1) is 13.9. The molecule has 5 heteroatoms. The summed E-state index contributed by atoms with van der Waals surface area (Å²) < 4.78 is 13.2. The zero-order valence-electron chi connectivity index (χ0n) is 18.5. The molecule has 0 amide bonds. The van der Waals surface area contributed by atoms with Crippen LogP contribution < -0.4 is 5.73 Å². The number of allylic oxidation sites excluding steroid dienone is 3. The second kappa shape index (κ2) is 17.4. The molecular formula is C24H37FN4. The van der Waals surface area contributed by atoms with E-state index in [0.717, 1.165) is 43.6 Å². The second-order valence-electron chi connectivity index (χ2n) is 6.48. The molecule has 1 aliphatic heterocycles. The summed E-state index contributed by atoms with van der Waals surface area (Å²) in [7, 11) is 1.50. The number of nitrogens with zero attached hydrogens (tertiary/aromatic N) is 2. The molecule has 1 aliphatic rings. The van der Waals surface area contributed by atoms with Crippen LogP contribution in [0, 0.1) is 28.5 Å². The van der Waals surface area contributed by atoms with Crippen LogP contribution >= 0.6 is 0 Å². The summed E-state index contributed by atoms with van der Waals surface area (Å²) in [5, 5.41) is 15.6. The van der Waals surface area contributed by atoms with Gasteiger partial charge < -0.3 is 16.0 Å². The van der Waals surface area contributed by atoms with Crippen LogP contribution in [0.4, 0.5) is 4.39 Å². The number of hydrogen-bond donors (Lipinski definition) is 2. The molecule has 29 heavy (non-hydrogen) atoms. The van der Waals surface area contributed by atoms with Gasteiger partial charge in [0.1, 0.15) is 11.9 Å². The van der Waals surface area contributed by atoms with Gasteiger partial charge in [0.15, 0.2) is 0 Å². The number of halogens is 1. The summed E-state index contributed by atoms with van der Waals surface area (Å²) >= 11 is 0. The van der Waals surface area contributed by atoms with Crippen LogP contribution in [-0.4, -0.2) is 30.7 Å². The molecule has 1 aromatic rings. The van der Waals surface area contributed by atoms with Crippen LogP contribution in [0.5, 0.6) is 0 Å². The second-order valence-corrected chi connectivity index (χ2v) is 6.48. The fourth-order valence-electron chi connectivity index (χ4n) is 2.89. The smallest absolute Gasteiger partial charge is 0.140 e. The van der Waals surface area contributed by atoms with Gasteiger partial charge in [0.05, 0.1) is 5.56 Å². The standard InChI is InChI=1S/C16H19FN2.C5H9N.C2H4.CH5N/c1-12(2)19-7-5-13(6-8-19)9-14-3-4-16(17)15(10-14)11-18;1-3-4-5(2)6;2*1-2/h3-4,10,13H,1,5-9H2,2H3;3-4,6H,1-2H3;1-2H2;2H2,1H3/b;4-3-,6-5?;;. The Bertz CT molecular complexity index is 681. The average molecular weight is 401 g/mol. The third-order valence-corrected chi connectivity index (χ3v) is 4.25. The van der Waals surface area contributed by atoms with Gasteiger partial charge in [-0.1, -0.05) is 18.7 Å². The predicted molar refractivity (Wildman–Crippen MR) is 124 cm³/mol. The van der Waals surface area contributed by atoms with Crippen molar-refractivity contribution < 1.29 is 4.39 Å². The highest BCUT2D eigenvalue weighted by molar-refractivity contribution is 5.89. The summed E-state index contributed by atoms with van der Waals surface area (Å²) in [5.41, 5.74) is 7.45. The maximum atomic E-state index is 13.2. The normalized spacial score (nSPS) is 12.9. The van der Waals surface area contributed by atoms with E-state index in [1.54, 1.807) is 25.1 Å². The summed E-state index contributed by atoms with van der Waals surface area (Å²) in [5.74, 6) is 0.191. The Morgan fingerprint density at radius 2 is 1.86 bits per heavy atom. The third-order valence-electron chi connectivity index (χ3n) is 4.25. The highest BCUT2D eigenvalue weighted by atomic mass is 19.1. The quantitative estimate of drug-likeness (QED) is 0.520. The number of rotatable bonds is 4. The number of hydrogen-bond acceptors (Lipinski definition) is 4. The van der Waals surface area contributed by atoms with Crippen molar-refractivity contribution in [2.24, 2.45) is 11.7 Å². The van der Waals surface area contributed by atoms with Gasteiger partial charge in [-0.05, 0) is 76.8 Å². The molecule has 160 valence electrons. The fourth-order valence-corrected chi connectivity index (χ4v) is 2.89. The predicted octanol–water partition coefficient (Wildman–Crippen LogP) is 5.46. The zero-order valence-corrected chi connectivity index (χ0v) is 18.5. The van der Waals surface area contributed by atoms with Crippen LogP contribution in [0.25, 0.3) is 0 Å². The molecule has 0 bridgehead atoms. The molecule has 3 N–H and O–H groups in total. The van der Waals surface area contributed by atoms with Crippen molar-refractivity contribution in [1.29, 1.82) is 10.7 Å². The van der Waals surface area contributed by atoms with E-state index in [2.05, 4.69) is 30.4 Å². The lowest BCUT2D eigenvalue weighted by atomic mass is 9.89. The van der Waals surface area contributed by atoms with E-state index in [0.29, 0.717) is 11.6 Å². The molecular weight excluding hydrogens is 363 g/mol. The topological polar surface area (TPSA) is 76.9 Å². The Morgan fingerprint density at radius 3 is 2.24 bits per heavy atom. The minimum Gasteiger partial charge on any atom is -0.376 e. The third kappa shape index (κ3) is 12.4. The Labute approximate surface area is 176 Å². The molecule has 0 atom stereocenters. The highest BCUT2D eigenvalue weighted by Gasteiger charge is 2.19. The summed E-state index contributed by atoms with van der Waals surface area (Å²) in [6, 6.07) is 6.77. The van der Waals surface area contributed by atoms with Crippen LogP contribution in [0.1, 0.15) is 44.7 Å². The van der Waals surface area contributed by atoms with E-state index in [-0.39, 0.29) is 5.56 Å². The number of likely N-dealkylation sites (tertiary alicyclic amines) is 1. The Balaban J connectivity index is 0. The Kier molecular flexibility index (Phi) is 17.1. The number of nitriles is 1. The fraction of sp³-hybridized carbons (Fsp3) is 0.417. The van der Waals surface area contributed by atoms with Gasteiger partial charge in [0, 0.05) is 24.5 Å². The van der Waals surface area contributed by atoms with E-state index in [4.69, 9.17) is 10.7 Å². The minimum atomic E-state index is -0.427. The van der Waals surface area contributed by atoms with Crippen molar-refractivity contribution in [2.45, 2.75) is 40.0 Å². The molecule has 0 radical (unpaired) electrons. The van der Waals surface area contributed by atoms with Gasteiger partial charge in [0.2, 0.25) is 0 Å². The van der Waals surface area contributed by atoms with E-state index in [1.807, 2.05) is 26.0 Å². The minimum absolute atomic E-state index is 0.150. The average Bonchev–Trinajstić information content (AvgIpc) is 2.73. The lowest BCUT2D eigenvalue weighted by Gasteiger charge is -2.33. The molecule has 1 heterocycles. The number of nitrogens with one attached hydrogen (secondary N) is 1. The van der Waals surface area contributed by atoms with Gasteiger partial charge in [0.25, 0.3) is 0 Å². The van der Waals surface area contributed by atoms with Gasteiger partial charge in [-0.3, -0.25) is 0 Å². The monoisotopic (exact) mass is 400 g/mol. The SMILES string of the molecule is C/C=C\C(C)=N.C=C.C=C(C)N1CCC(Cc2ccc(F)c(C#N)c2)CC1.CN. The van der Waals surface area contributed by atoms with Crippen LogP contribution in [-0.2, 0) is 6.42 Å². The van der Waals surface area contributed by atoms with Crippen LogP contribution in [0.2, 0.25) is 0 Å². The molecule has 1 fully saturated rings. The highest BCUT2D eigenvalue weighted by Crippen LogP contribution is 2.24. The first-order valence-electron chi connectivity index (χ1n) is 9.72. The van der Waals surface area contributed by atoms with Gasteiger partial charge in [-0.15, -0.1) is 13.2 Å². The van der Waals surface area contributed by atoms with E-state index in [9.17, 15) is 4.39 Å². The van der Waals surface area contributed by atoms with Crippen molar-refractivity contribution >= 4 is 5.71 Å². The van der Waals surface area contributed by atoms with Crippen molar-refractivity contribution in [3.8, 4) is 6.07 Å². The van der Waals surface area contributed by atoms with E-state index in [1.165, 1.54) is 13.1 Å². The molecule has 0 aliphatic carbocycles. The Hall–Kier alpha value is -2.71. The number of nitrogens with two attached hydrogens (primary N) is 1.